The minimum absolute atomic E-state index is 0.205. The van der Waals surface area contributed by atoms with Gasteiger partial charge in [-0.25, -0.2) is 8.78 Å². The van der Waals surface area contributed by atoms with Gasteiger partial charge in [0.25, 0.3) is 5.91 Å². The standard InChI is InChI=1S/C29H27F2N3O4/c1-17(32-29(38)26(35)21-12-22(30)16-23(31)13-21)27(36)34-25-15-20(18-8-4-2-5-9-18)14-24(33-28(25)37)19-10-6-3-7-11-19/h2-14,16-17,24-26,35H,15H2,1H3,(H,32,38)(H,33,37)(H,34,36)/t17-,24+,25-,26-/m0/s1. The first-order valence-electron chi connectivity index (χ1n) is 12.1. The van der Waals surface area contributed by atoms with Crippen molar-refractivity contribution in [3.05, 3.63) is 113 Å². The molecule has 4 N–H and O–H groups in total. The van der Waals surface area contributed by atoms with Crippen LogP contribution in [0.25, 0.3) is 5.57 Å². The number of nitrogens with one attached hydrogen (secondary N) is 3. The molecule has 0 saturated carbocycles. The second kappa shape index (κ2) is 11.8. The maximum absolute atomic E-state index is 13.5. The van der Waals surface area contributed by atoms with Crippen molar-refractivity contribution in [2.24, 2.45) is 0 Å². The monoisotopic (exact) mass is 519 g/mol. The Balaban J connectivity index is 1.48. The van der Waals surface area contributed by atoms with E-state index in [9.17, 15) is 28.3 Å². The molecular weight excluding hydrogens is 492 g/mol. The lowest BCUT2D eigenvalue weighted by molar-refractivity contribution is -0.135. The molecule has 4 rings (SSSR count). The third-order valence-corrected chi connectivity index (χ3v) is 6.23. The largest absolute Gasteiger partial charge is 0.378 e. The molecule has 3 aromatic carbocycles. The van der Waals surface area contributed by atoms with Gasteiger partial charge in [0.2, 0.25) is 11.8 Å². The number of benzene rings is 3. The first kappa shape index (κ1) is 26.7. The second-order valence-electron chi connectivity index (χ2n) is 9.06. The normalized spacial score (nSPS) is 18.8. The Bertz CT molecular complexity index is 1330. The Hall–Kier alpha value is -4.37. The number of aliphatic hydroxyl groups is 1. The van der Waals surface area contributed by atoms with E-state index in [2.05, 4.69) is 16.0 Å². The highest BCUT2D eigenvalue weighted by molar-refractivity contribution is 5.94. The van der Waals surface area contributed by atoms with Crippen LogP contribution in [0.1, 0.15) is 42.2 Å². The predicted molar refractivity (Wildman–Crippen MR) is 137 cm³/mol. The maximum atomic E-state index is 13.5. The Morgan fingerprint density at radius 2 is 1.55 bits per heavy atom. The van der Waals surface area contributed by atoms with Crippen LogP contribution < -0.4 is 16.0 Å². The fourth-order valence-corrected chi connectivity index (χ4v) is 4.24. The molecule has 0 spiro atoms. The molecular formula is C29H27F2N3O4. The summed E-state index contributed by atoms with van der Waals surface area (Å²) in [6.45, 7) is 1.38. The topological polar surface area (TPSA) is 108 Å². The lowest BCUT2D eigenvalue weighted by Crippen LogP contribution is -2.53. The van der Waals surface area contributed by atoms with Crippen LogP contribution in [0.15, 0.2) is 84.9 Å². The van der Waals surface area contributed by atoms with Crippen molar-refractivity contribution in [1.29, 1.82) is 0 Å². The molecule has 1 heterocycles. The van der Waals surface area contributed by atoms with Gasteiger partial charge in [0.05, 0.1) is 6.04 Å². The van der Waals surface area contributed by atoms with Gasteiger partial charge in [-0.05, 0) is 41.3 Å². The molecule has 0 unspecified atom stereocenters. The summed E-state index contributed by atoms with van der Waals surface area (Å²) in [6.07, 6.45) is 0.265. The van der Waals surface area contributed by atoms with Crippen LogP contribution in [0.5, 0.6) is 0 Å². The Kier molecular flexibility index (Phi) is 8.28. The first-order chi connectivity index (χ1) is 18.2. The molecule has 0 saturated heterocycles. The maximum Gasteiger partial charge on any atom is 0.254 e. The quantitative estimate of drug-likeness (QED) is 0.384. The van der Waals surface area contributed by atoms with Gasteiger partial charge in [-0.2, -0.15) is 0 Å². The highest BCUT2D eigenvalue weighted by atomic mass is 19.1. The van der Waals surface area contributed by atoms with Crippen molar-refractivity contribution >= 4 is 23.3 Å². The van der Waals surface area contributed by atoms with Gasteiger partial charge < -0.3 is 21.1 Å². The minimum atomic E-state index is -1.89. The lowest BCUT2D eigenvalue weighted by atomic mass is 9.96. The van der Waals surface area contributed by atoms with Gasteiger partial charge in [-0.15, -0.1) is 0 Å². The summed E-state index contributed by atoms with van der Waals surface area (Å²) in [5.74, 6) is -3.98. The molecule has 0 radical (unpaired) electrons. The molecule has 1 aliphatic rings. The van der Waals surface area contributed by atoms with Crippen LogP contribution in [0.3, 0.4) is 0 Å². The zero-order valence-corrected chi connectivity index (χ0v) is 20.5. The first-order valence-corrected chi connectivity index (χ1v) is 12.1. The third-order valence-electron chi connectivity index (χ3n) is 6.23. The van der Waals surface area contributed by atoms with Gasteiger partial charge in [-0.3, -0.25) is 14.4 Å². The van der Waals surface area contributed by atoms with Crippen LogP contribution >= 0.6 is 0 Å². The van der Waals surface area contributed by atoms with E-state index in [1.54, 1.807) is 0 Å². The summed E-state index contributed by atoms with van der Waals surface area (Å²) >= 11 is 0. The molecule has 4 atom stereocenters. The molecule has 0 bridgehead atoms. The minimum Gasteiger partial charge on any atom is -0.378 e. The van der Waals surface area contributed by atoms with E-state index in [4.69, 9.17) is 0 Å². The smallest absolute Gasteiger partial charge is 0.254 e. The number of carbonyl (C=O) groups excluding carboxylic acids is 3. The average molecular weight is 520 g/mol. The SMILES string of the molecule is C[C@H](NC(=O)[C@@H](O)c1cc(F)cc(F)c1)C(=O)N[C@H]1CC(c2ccccc2)=C[C@H](c2ccccc2)NC1=O. The summed E-state index contributed by atoms with van der Waals surface area (Å²) in [7, 11) is 0. The van der Waals surface area contributed by atoms with Crippen molar-refractivity contribution < 1.29 is 28.3 Å². The molecule has 196 valence electrons. The number of rotatable bonds is 7. The summed E-state index contributed by atoms with van der Waals surface area (Å²) in [6, 6.07) is 18.7. The lowest BCUT2D eigenvalue weighted by Gasteiger charge is -2.22. The number of halogens is 2. The zero-order chi connectivity index (χ0) is 27.2. The summed E-state index contributed by atoms with van der Waals surface area (Å²) in [5.41, 5.74) is 2.34. The molecule has 0 aromatic heterocycles. The van der Waals surface area contributed by atoms with Crippen LogP contribution in [-0.2, 0) is 14.4 Å². The Morgan fingerprint density at radius 1 is 0.947 bits per heavy atom. The van der Waals surface area contributed by atoms with Gasteiger partial charge in [0.15, 0.2) is 6.10 Å². The fourth-order valence-electron chi connectivity index (χ4n) is 4.24. The summed E-state index contributed by atoms with van der Waals surface area (Å²) < 4.78 is 26.9. The fraction of sp³-hybridized carbons (Fsp3) is 0.207. The zero-order valence-electron chi connectivity index (χ0n) is 20.5. The number of carbonyl (C=O) groups is 3. The van der Waals surface area contributed by atoms with E-state index in [1.807, 2.05) is 66.7 Å². The van der Waals surface area contributed by atoms with E-state index < -0.39 is 53.6 Å². The number of hydrogen-bond donors (Lipinski definition) is 4. The van der Waals surface area contributed by atoms with Crippen molar-refractivity contribution in [2.45, 2.75) is 37.6 Å². The van der Waals surface area contributed by atoms with E-state index >= 15 is 0 Å². The van der Waals surface area contributed by atoms with Crippen molar-refractivity contribution in [3.63, 3.8) is 0 Å². The van der Waals surface area contributed by atoms with Crippen molar-refractivity contribution in [3.8, 4) is 0 Å². The average Bonchev–Trinajstić information content (AvgIpc) is 3.07. The Morgan fingerprint density at radius 3 is 2.18 bits per heavy atom. The molecule has 9 heteroatoms. The van der Waals surface area contributed by atoms with E-state index in [0.29, 0.717) is 6.07 Å². The van der Waals surface area contributed by atoms with Gasteiger partial charge >= 0.3 is 0 Å². The van der Waals surface area contributed by atoms with Gasteiger partial charge in [0, 0.05) is 12.5 Å². The highest BCUT2D eigenvalue weighted by Gasteiger charge is 2.31. The van der Waals surface area contributed by atoms with E-state index in [1.165, 1.54) is 6.92 Å². The number of aliphatic hydroxyl groups excluding tert-OH is 1. The van der Waals surface area contributed by atoms with Crippen molar-refractivity contribution in [2.75, 3.05) is 0 Å². The highest BCUT2D eigenvalue weighted by Crippen LogP contribution is 2.28. The summed E-state index contributed by atoms with van der Waals surface area (Å²) in [5, 5.41) is 18.2. The Labute approximate surface area is 218 Å². The van der Waals surface area contributed by atoms with Crippen molar-refractivity contribution in [1.82, 2.24) is 16.0 Å². The third kappa shape index (κ3) is 6.49. The van der Waals surface area contributed by atoms with Crippen LogP contribution in [0.4, 0.5) is 8.78 Å². The number of amides is 3. The van der Waals surface area contributed by atoms with Gasteiger partial charge in [-0.1, -0.05) is 66.7 Å². The van der Waals surface area contributed by atoms with Crippen LogP contribution in [0, 0.1) is 11.6 Å². The molecule has 38 heavy (non-hydrogen) atoms. The molecule has 1 aliphatic heterocycles. The number of hydrogen-bond acceptors (Lipinski definition) is 4. The molecule has 0 aliphatic carbocycles. The van der Waals surface area contributed by atoms with Crippen LogP contribution in [0.2, 0.25) is 0 Å². The van der Waals surface area contributed by atoms with Crippen LogP contribution in [-0.4, -0.2) is 34.9 Å². The summed E-state index contributed by atoms with van der Waals surface area (Å²) in [4.78, 5) is 38.5. The molecule has 3 aromatic rings. The molecule has 7 nitrogen and oxygen atoms in total. The molecule has 3 amide bonds. The van der Waals surface area contributed by atoms with E-state index in [-0.39, 0.29) is 12.0 Å². The predicted octanol–water partition coefficient (Wildman–Crippen LogP) is 3.33. The molecule has 0 fully saturated rings. The van der Waals surface area contributed by atoms with Gasteiger partial charge in [0.1, 0.15) is 23.7 Å². The second-order valence-corrected chi connectivity index (χ2v) is 9.06. The van der Waals surface area contributed by atoms with E-state index in [0.717, 1.165) is 28.8 Å².